The van der Waals surface area contributed by atoms with Crippen molar-refractivity contribution < 1.29 is 3.07 Å². The Labute approximate surface area is 77.6 Å². The van der Waals surface area contributed by atoms with Gasteiger partial charge >= 0.3 is 0 Å². The Morgan fingerprint density at radius 1 is 1.33 bits per heavy atom. The van der Waals surface area contributed by atoms with Gasteiger partial charge in [-0.3, -0.25) is 3.07 Å². The molecular weight excluding hydrogens is 342 g/mol. The van der Waals surface area contributed by atoms with E-state index in [9.17, 15) is 3.07 Å². The largest absolute Gasteiger partial charge is 0.265 e. The summed E-state index contributed by atoms with van der Waals surface area (Å²) < 4.78 is 12.6. The SMILES string of the molecule is O=Ic1ccccc1I. The molecule has 0 unspecified atom stereocenters. The Kier molecular flexibility index (Phi) is 3.03. The first kappa shape index (κ1) is 7.59. The zero-order chi connectivity index (χ0) is 6.69. The molecule has 0 heterocycles. The molecule has 0 bridgehead atoms. The third-order valence-electron chi connectivity index (χ3n) is 0.907. The standard InChI is InChI=1S/C6H4I2O/c7-5-3-1-2-4-6(5)8-9/h1-4H. The van der Waals surface area contributed by atoms with Gasteiger partial charge in [0.1, 0.15) is 0 Å². The number of rotatable bonds is 1. The average Bonchev–Trinajstić information content (AvgIpc) is 1.89. The highest BCUT2D eigenvalue weighted by Crippen LogP contribution is 2.16. The molecule has 9 heavy (non-hydrogen) atoms. The lowest BCUT2D eigenvalue weighted by Crippen LogP contribution is -1.74. The van der Waals surface area contributed by atoms with Gasteiger partial charge < -0.3 is 0 Å². The molecular formula is C6H4I2O. The van der Waals surface area contributed by atoms with E-state index in [1.54, 1.807) is 0 Å². The molecule has 3 heteroatoms. The molecule has 0 aliphatic heterocycles. The fraction of sp³-hybridized carbons (Fsp3) is 0. The van der Waals surface area contributed by atoms with E-state index in [0.717, 1.165) is 7.14 Å². The summed E-state index contributed by atoms with van der Waals surface area (Å²) in [5.41, 5.74) is 0. The van der Waals surface area contributed by atoms with E-state index in [1.165, 1.54) is 0 Å². The third kappa shape index (κ3) is 1.96. The lowest BCUT2D eigenvalue weighted by Gasteiger charge is -1.89. The van der Waals surface area contributed by atoms with E-state index in [0.29, 0.717) is 0 Å². The Balaban J connectivity index is 3.15. The van der Waals surface area contributed by atoms with Crippen molar-refractivity contribution in [3.05, 3.63) is 31.4 Å². The van der Waals surface area contributed by atoms with Crippen LogP contribution in [0, 0.1) is 7.14 Å². The smallest absolute Gasteiger partial charge is 0.183 e. The number of hydrogen-bond donors (Lipinski definition) is 0. The van der Waals surface area contributed by atoms with Crippen LogP contribution in [0.25, 0.3) is 0 Å². The second-order valence-corrected chi connectivity index (χ2v) is 4.26. The lowest BCUT2D eigenvalue weighted by atomic mass is 10.4. The molecule has 0 N–H and O–H groups in total. The normalized spacial score (nSPS) is 9.44. The first-order valence-electron chi connectivity index (χ1n) is 2.36. The number of hydrogen-bond acceptors (Lipinski definition) is 1. The molecule has 48 valence electrons. The molecule has 0 spiro atoms. The summed E-state index contributed by atoms with van der Waals surface area (Å²) in [5, 5.41) is 0. The highest BCUT2D eigenvalue weighted by Gasteiger charge is 1.93. The van der Waals surface area contributed by atoms with Crippen molar-refractivity contribution >= 4 is 43.8 Å². The van der Waals surface area contributed by atoms with Gasteiger partial charge in [0.05, 0.1) is 3.57 Å². The molecule has 0 amide bonds. The van der Waals surface area contributed by atoms with Gasteiger partial charge in [-0.2, -0.15) is 0 Å². The van der Waals surface area contributed by atoms with Crippen LogP contribution >= 0.6 is 43.8 Å². The summed E-state index contributed by atoms with van der Waals surface area (Å²) in [5.74, 6) is 0. The minimum atomic E-state index is -0.970. The van der Waals surface area contributed by atoms with Crippen LogP contribution in [0.4, 0.5) is 0 Å². The van der Waals surface area contributed by atoms with Crippen LogP contribution in [-0.2, 0) is 3.07 Å². The van der Waals surface area contributed by atoms with Crippen LogP contribution in [0.2, 0.25) is 0 Å². The van der Waals surface area contributed by atoms with E-state index in [2.05, 4.69) is 22.6 Å². The second-order valence-electron chi connectivity index (χ2n) is 1.49. The molecule has 0 aliphatic carbocycles. The lowest BCUT2D eigenvalue weighted by molar-refractivity contribution is 0.648. The van der Waals surface area contributed by atoms with Gasteiger partial charge in [0.2, 0.25) is 0 Å². The Morgan fingerprint density at radius 2 is 2.00 bits per heavy atom. The summed E-state index contributed by atoms with van der Waals surface area (Å²) >= 11 is 1.22. The molecule has 0 radical (unpaired) electrons. The minimum Gasteiger partial charge on any atom is -0.265 e. The maximum Gasteiger partial charge on any atom is 0.183 e. The first-order chi connectivity index (χ1) is 4.34. The quantitative estimate of drug-likeness (QED) is 0.715. The minimum absolute atomic E-state index is 0.970. The van der Waals surface area contributed by atoms with Crippen molar-refractivity contribution in [2.24, 2.45) is 0 Å². The van der Waals surface area contributed by atoms with E-state index in [4.69, 9.17) is 0 Å². The van der Waals surface area contributed by atoms with Gasteiger partial charge in [0.15, 0.2) is 21.2 Å². The van der Waals surface area contributed by atoms with Crippen molar-refractivity contribution in [2.75, 3.05) is 0 Å². The van der Waals surface area contributed by atoms with E-state index < -0.39 is 21.2 Å². The van der Waals surface area contributed by atoms with Crippen LogP contribution in [-0.4, -0.2) is 0 Å². The third-order valence-corrected chi connectivity index (χ3v) is 4.30. The topological polar surface area (TPSA) is 17.1 Å². The second kappa shape index (κ2) is 3.60. The molecule has 0 atom stereocenters. The fourth-order valence-electron chi connectivity index (χ4n) is 0.502. The van der Waals surface area contributed by atoms with Crippen molar-refractivity contribution in [1.82, 2.24) is 0 Å². The summed E-state index contributed by atoms with van der Waals surface area (Å²) in [7, 11) is 0. The maximum absolute atomic E-state index is 10.5. The zero-order valence-corrected chi connectivity index (χ0v) is 8.79. The monoisotopic (exact) mass is 346 g/mol. The fourth-order valence-corrected chi connectivity index (χ4v) is 2.19. The average molecular weight is 346 g/mol. The van der Waals surface area contributed by atoms with E-state index in [1.807, 2.05) is 24.3 Å². The molecule has 1 aromatic carbocycles. The van der Waals surface area contributed by atoms with Crippen LogP contribution in [0.1, 0.15) is 0 Å². The summed E-state index contributed by atoms with van der Waals surface area (Å²) in [6, 6.07) is 7.73. The van der Waals surface area contributed by atoms with Crippen molar-refractivity contribution in [3.8, 4) is 0 Å². The summed E-state index contributed by atoms with van der Waals surface area (Å²) in [6.45, 7) is 0. The van der Waals surface area contributed by atoms with Gasteiger partial charge in [-0.15, -0.1) is 0 Å². The van der Waals surface area contributed by atoms with Crippen LogP contribution in [0.5, 0.6) is 0 Å². The van der Waals surface area contributed by atoms with Gasteiger partial charge in [-0.05, 0) is 34.7 Å². The highest BCUT2D eigenvalue weighted by molar-refractivity contribution is 14.2. The predicted octanol–water partition coefficient (Wildman–Crippen LogP) is 2.78. The molecule has 1 nitrogen and oxygen atoms in total. The van der Waals surface area contributed by atoms with Gasteiger partial charge in [-0.25, -0.2) is 0 Å². The maximum atomic E-state index is 10.5. The van der Waals surface area contributed by atoms with Crippen LogP contribution in [0.15, 0.2) is 24.3 Å². The molecule has 0 saturated carbocycles. The van der Waals surface area contributed by atoms with E-state index >= 15 is 0 Å². The van der Waals surface area contributed by atoms with Gasteiger partial charge in [-0.1, -0.05) is 12.1 Å². The Bertz CT molecular complexity index is 222. The molecule has 0 fully saturated rings. The van der Waals surface area contributed by atoms with Gasteiger partial charge in [0.25, 0.3) is 0 Å². The highest BCUT2D eigenvalue weighted by atomic mass is 127. The molecule has 0 aromatic heterocycles. The molecule has 0 saturated heterocycles. The summed E-state index contributed by atoms with van der Waals surface area (Å²) in [6.07, 6.45) is 0. The summed E-state index contributed by atoms with van der Waals surface area (Å²) in [4.78, 5) is 0. The van der Waals surface area contributed by atoms with Crippen molar-refractivity contribution in [2.45, 2.75) is 0 Å². The van der Waals surface area contributed by atoms with Crippen molar-refractivity contribution in [1.29, 1.82) is 0 Å². The number of benzene rings is 1. The number of halogens is 2. The molecule has 0 aliphatic rings. The van der Waals surface area contributed by atoms with E-state index in [-0.39, 0.29) is 0 Å². The Morgan fingerprint density at radius 3 is 2.44 bits per heavy atom. The zero-order valence-electron chi connectivity index (χ0n) is 4.47. The Hall–Kier alpha value is 0.480. The molecule has 1 rings (SSSR count). The van der Waals surface area contributed by atoms with Crippen molar-refractivity contribution in [3.63, 3.8) is 0 Å². The van der Waals surface area contributed by atoms with Crippen LogP contribution < -0.4 is 0 Å². The first-order valence-corrected chi connectivity index (χ1v) is 5.40. The van der Waals surface area contributed by atoms with Crippen LogP contribution in [0.3, 0.4) is 0 Å². The predicted molar refractivity (Wildman–Crippen MR) is 52.6 cm³/mol. The molecule has 1 aromatic rings. The van der Waals surface area contributed by atoms with Gasteiger partial charge in [0, 0.05) is 3.57 Å².